The average molecular weight is 277 g/mol. The second-order valence-electron chi connectivity index (χ2n) is 3.52. The third kappa shape index (κ3) is 3.78. The quantitative estimate of drug-likeness (QED) is 0.844. The predicted octanol–water partition coefficient (Wildman–Crippen LogP) is 3.72. The fourth-order valence-corrected chi connectivity index (χ4v) is 3.29. The molecule has 92 valence electrons. The maximum Gasteiger partial charge on any atom is 0.335 e. The van der Waals surface area contributed by atoms with E-state index in [0.29, 0.717) is 5.56 Å². The van der Waals surface area contributed by atoms with Crippen LogP contribution in [0, 0.1) is 0 Å². The van der Waals surface area contributed by atoms with Crippen molar-refractivity contribution in [2.75, 3.05) is 0 Å². The number of hydrogen-bond donors (Lipinski definition) is 1. The summed E-state index contributed by atoms with van der Waals surface area (Å²) in [7, 11) is 3.30. The molecule has 5 heteroatoms. The number of pyridine rings is 1. The van der Waals surface area contributed by atoms with Gasteiger partial charge in [-0.1, -0.05) is 29.0 Å². The van der Waals surface area contributed by atoms with E-state index in [1.165, 1.54) is 0 Å². The summed E-state index contributed by atoms with van der Waals surface area (Å²) >= 11 is 0. The molecule has 0 aliphatic heterocycles. The standard InChI is InChI=1S/C13H11NO2S2/c15-13(16)11-6-4-10(5-7-11)9-17-18-12-3-1-2-8-14-12/h1-8H,9H2,(H,15,16). The Balaban J connectivity index is 1.85. The van der Waals surface area contributed by atoms with Gasteiger partial charge in [-0.05, 0) is 40.6 Å². The highest BCUT2D eigenvalue weighted by Gasteiger charge is 2.02. The highest BCUT2D eigenvalue weighted by Crippen LogP contribution is 2.31. The molecule has 0 aliphatic carbocycles. The number of aromatic carboxylic acids is 1. The zero-order chi connectivity index (χ0) is 12.8. The Hall–Kier alpha value is -1.46. The zero-order valence-corrected chi connectivity index (χ0v) is 11.1. The van der Waals surface area contributed by atoms with Crippen LogP contribution in [0.5, 0.6) is 0 Å². The summed E-state index contributed by atoms with van der Waals surface area (Å²) in [5.74, 6) is -0.0710. The molecule has 1 aromatic carbocycles. The first kappa shape index (κ1) is 13.0. The van der Waals surface area contributed by atoms with Crippen LogP contribution in [0.15, 0.2) is 53.7 Å². The molecule has 1 aromatic heterocycles. The molecular weight excluding hydrogens is 266 g/mol. The van der Waals surface area contributed by atoms with Crippen LogP contribution in [0.4, 0.5) is 0 Å². The summed E-state index contributed by atoms with van der Waals surface area (Å²) in [6.45, 7) is 0. The Labute approximate surface area is 113 Å². The van der Waals surface area contributed by atoms with Crippen LogP contribution >= 0.6 is 21.6 Å². The molecule has 3 nitrogen and oxygen atoms in total. The van der Waals surface area contributed by atoms with Gasteiger partial charge in [-0.2, -0.15) is 0 Å². The number of aromatic nitrogens is 1. The fourth-order valence-electron chi connectivity index (χ4n) is 1.30. The maximum atomic E-state index is 10.7. The molecule has 0 bridgehead atoms. The van der Waals surface area contributed by atoms with Crippen molar-refractivity contribution in [1.82, 2.24) is 4.98 Å². The van der Waals surface area contributed by atoms with E-state index in [1.807, 2.05) is 30.3 Å². The van der Waals surface area contributed by atoms with Crippen LogP contribution in [-0.2, 0) is 5.75 Å². The molecular formula is C13H11NO2S2. The lowest BCUT2D eigenvalue weighted by Gasteiger charge is -2.01. The summed E-state index contributed by atoms with van der Waals surface area (Å²) in [6.07, 6.45) is 1.77. The van der Waals surface area contributed by atoms with E-state index >= 15 is 0 Å². The Bertz CT molecular complexity index is 514. The minimum absolute atomic E-state index is 0.320. The van der Waals surface area contributed by atoms with Gasteiger partial charge < -0.3 is 5.11 Å². The molecule has 0 spiro atoms. The van der Waals surface area contributed by atoms with E-state index in [9.17, 15) is 4.79 Å². The highest BCUT2D eigenvalue weighted by atomic mass is 33.1. The Morgan fingerprint density at radius 3 is 2.56 bits per heavy atom. The number of rotatable bonds is 5. The van der Waals surface area contributed by atoms with Gasteiger partial charge in [-0.3, -0.25) is 0 Å². The molecule has 0 saturated heterocycles. The van der Waals surface area contributed by atoms with Gasteiger partial charge in [0.2, 0.25) is 0 Å². The van der Waals surface area contributed by atoms with E-state index in [4.69, 9.17) is 5.11 Å². The minimum atomic E-state index is -0.892. The molecule has 0 saturated carbocycles. The molecule has 0 amide bonds. The maximum absolute atomic E-state index is 10.7. The molecule has 0 radical (unpaired) electrons. The van der Waals surface area contributed by atoms with E-state index < -0.39 is 5.97 Å². The second-order valence-corrected chi connectivity index (χ2v) is 5.83. The lowest BCUT2D eigenvalue weighted by atomic mass is 10.1. The van der Waals surface area contributed by atoms with Gasteiger partial charge in [0.1, 0.15) is 5.03 Å². The van der Waals surface area contributed by atoms with Crippen molar-refractivity contribution in [3.8, 4) is 0 Å². The number of benzene rings is 1. The van der Waals surface area contributed by atoms with Gasteiger partial charge in [0.05, 0.1) is 5.56 Å². The van der Waals surface area contributed by atoms with E-state index in [2.05, 4.69) is 4.98 Å². The summed E-state index contributed by atoms with van der Waals surface area (Å²) in [6, 6.07) is 12.8. The van der Waals surface area contributed by atoms with Crippen LogP contribution in [-0.4, -0.2) is 16.1 Å². The van der Waals surface area contributed by atoms with Crippen molar-refractivity contribution in [3.05, 3.63) is 59.8 Å². The van der Waals surface area contributed by atoms with Gasteiger partial charge in [-0.15, -0.1) is 0 Å². The van der Waals surface area contributed by atoms with Crippen LogP contribution in [0.25, 0.3) is 0 Å². The van der Waals surface area contributed by atoms with Gasteiger partial charge >= 0.3 is 5.97 Å². The molecule has 1 N–H and O–H groups in total. The zero-order valence-electron chi connectivity index (χ0n) is 9.45. The van der Waals surface area contributed by atoms with E-state index in [1.54, 1.807) is 39.9 Å². The van der Waals surface area contributed by atoms with E-state index in [-0.39, 0.29) is 0 Å². The van der Waals surface area contributed by atoms with E-state index in [0.717, 1.165) is 16.3 Å². The van der Waals surface area contributed by atoms with Crippen molar-refractivity contribution in [2.24, 2.45) is 0 Å². The third-order valence-corrected chi connectivity index (χ3v) is 4.41. The van der Waals surface area contributed by atoms with Crippen molar-refractivity contribution in [2.45, 2.75) is 10.8 Å². The largest absolute Gasteiger partial charge is 0.478 e. The van der Waals surface area contributed by atoms with Crippen molar-refractivity contribution in [1.29, 1.82) is 0 Å². The summed E-state index contributed by atoms with van der Waals surface area (Å²) in [5.41, 5.74) is 1.43. The topological polar surface area (TPSA) is 50.2 Å². The van der Waals surface area contributed by atoms with Crippen LogP contribution < -0.4 is 0 Å². The molecule has 18 heavy (non-hydrogen) atoms. The van der Waals surface area contributed by atoms with Crippen LogP contribution in [0.2, 0.25) is 0 Å². The average Bonchev–Trinajstić information content (AvgIpc) is 2.40. The fraction of sp³-hybridized carbons (Fsp3) is 0.0769. The van der Waals surface area contributed by atoms with Crippen LogP contribution in [0.1, 0.15) is 15.9 Å². The van der Waals surface area contributed by atoms with Gasteiger partial charge in [-0.25, -0.2) is 9.78 Å². The minimum Gasteiger partial charge on any atom is -0.478 e. The first-order valence-electron chi connectivity index (χ1n) is 5.28. The highest BCUT2D eigenvalue weighted by molar-refractivity contribution is 8.76. The smallest absolute Gasteiger partial charge is 0.335 e. The molecule has 0 atom stereocenters. The first-order valence-corrected chi connectivity index (χ1v) is 7.60. The normalized spacial score (nSPS) is 10.2. The molecule has 0 aliphatic rings. The predicted molar refractivity (Wildman–Crippen MR) is 74.8 cm³/mol. The Morgan fingerprint density at radius 2 is 1.94 bits per heavy atom. The van der Waals surface area contributed by atoms with Gasteiger partial charge in [0.15, 0.2) is 0 Å². The number of carboxylic acid groups (broad SMARTS) is 1. The summed E-state index contributed by atoms with van der Waals surface area (Å²) in [5, 5.41) is 9.76. The number of hydrogen-bond acceptors (Lipinski definition) is 4. The summed E-state index contributed by atoms with van der Waals surface area (Å²) in [4.78, 5) is 14.9. The lowest BCUT2D eigenvalue weighted by molar-refractivity contribution is 0.0697. The van der Waals surface area contributed by atoms with Gasteiger partial charge in [0, 0.05) is 11.9 Å². The Morgan fingerprint density at radius 1 is 1.17 bits per heavy atom. The first-order chi connectivity index (χ1) is 8.75. The number of carbonyl (C=O) groups is 1. The van der Waals surface area contributed by atoms with Crippen molar-refractivity contribution < 1.29 is 9.90 Å². The van der Waals surface area contributed by atoms with Crippen LogP contribution in [0.3, 0.4) is 0 Å². The SMILES string of the molecule is O=C(O)c1ccc(CSSc2ccccn2)cc1. The third-order valence-electron chi connectivity index (χ3n) is 2.21. The molecule has 2 rings (SSSR count). The van der Waals surface area contributed by atoms with Crippen molar-refractivity contribution in [3.63, 3.8) is 0 Å². The molecule has 0 fully saturated rings. The molecule has 1 heterocycles. The summed E-state index contributed by atoms with van der Waals surface area (Å²) < 4.78 is 0. The monoisotopic (exact) mass is 277 g/mol. The number of nitrogens with zero attached hydrogens (tertiary/aromatic N) is 1. The number of carboxylic acids is 1. The lowest BCUT2D eigenvalue weighted by Crippen LogP contribution is -1.95. The molecule has 2 aromatic rings. The Kier molecular flexibility index (Phi) is 4.66. The second kappa shape index (κ2) is 6.47. The van der Waals surface area contributed by atoms with Crippen molar-refractivity contribution >= 4 is 27.6 Å². The van der Waals surface area contributed by atoms with Gasteiger partial charge in [0.25, 0.3) is 0 Å². The molecule has 0 unspecified atom stereocenters.